The first-order valence-electron chi connectivity index (χ1n) is 16.3. The number of fused-ring (bicyclic) bond motifs is 8. The molecule has 47 heavy (non-hydrogen) atoms. The van der Waals surface area contributed by atoms with Crippen molar-refractivity contribution < 1.29 is 24.6 Å². The van der Waals surface area contributed by atoms with Gasteiger partial charge in [-0.2, -0.15) is 0 Å². The van der Waals surface area contributed by atoms with E-state index in [-0.39, 0.29) is 30.6 Å². The molecule has 3 unspecified atom stereocenters. The van der Waals surface area contributed by atoms with Crippen LogP contribution in [-0.4, -0.2) is 54.0 Å². The maximum Gasteiger partial charge on any atom is 0.326 e. The minimum atomic E-state index is -1.04. The molecule has 0 aromatic carbocycles. The third-order valence-corrected chi connectivity index (χ3v) is 9.88. The molecule has 8 bridgehead atoms. The number of aliphatic carboxylic acids is 2. The summed E-state index contributed by atoms with van der Waals surface area (Å²) in [5.74, 6) is -2.63. The number of nitrogens with zero attached hydrogens (tertiary/aromatic N) is 2. The van der Waals surface area contributed by atoms with Crippen molar-refractivity contribution in [2.75, 3.05) is 0 Å². The van der Waals surface area contributed by atoms with E-state index in [0.717, 1.165) is 61.4 Å². The number of rotatable bonds is 10. The molecule has 2 aliphatic heterocycles. The SMILES string of the molecule is CCC(C)C(NC(=O)CCC1c2cc3nc(cc4cc(C)c(cc5cc(C)c(cc(n2)C1(C)C)[nH]5)[nH]4)C(C)=C3CCC(=O)O)C(=O)O. The molecule has 10 nitrogen and oxygen atoms in total. The molecular formula is C37H45N5O5. The molecule has 5 rings (SSSR count). The zero-order valence-electron chi connectivity index (χ0n) is 28.2. The van der Waals surface area contributed by atoms with Crippen LogP contribution in [0.15, 0.2) is 36.4 Å². The summed E-state index contributed by atoms with van der Waals surface area (Å²) >= 11 is 0. The molecule has 0 radical (unpaired) electrons. The fourth-order valence-electron chi connectivity index (χ4n) is 6.65. The first kappa shape index (κ1) is 33.6. The van der Waals surface area contributed by atoms with Crippen LogP contribution in [-0.2, 0) is 19.8 Å². The van der Waals surface area contributed by atoms with Gasteiger partial charge in [0.25, 0.3) is 0 Å². The highest BCUT2D eigenvalue weighted by molar-refractivity contribution is 5.93. The molecule has 0 aliphatic carbocycles. The summed E-state index contributed by atoms with van der Waals surface area (Å²) in [6, 6.07) is 11.3. The Hall–Kier alpha value is -4.73. The summed E-state index contributed by atoms with van der Waals surface area (Å²) in [4.78, 5) is 53.8. The smallest absolute Gasteiger partial charge is 0.326 e. The van der Waals surface area contributed by atoms with Gasteiger partial charge in [0.1, 0.15) is 6.04 Å². The molecular weight excluding hydrogens is 594 g/mol. The highest BCUT2D eigenvalue weighted by Gasteiger charge is 2.40. The zero-order chi connectivity index (χ0) is 34.2. The van der Waals surface area contributed by atoms with E-state index in [2.05, 4.69) is 67.2 Å². The summed E-state index contributed by atoms with van der Waals surface area (Å²) in [5, 5.41) is 22.0. The lowest BCUT2D eigenvalue weighted by molar-refractivity contribution is -0.143. The maximum atomic E-state index is 13.1. The minimum Gasteiger partial charge on any atom is -0.481 e. The fourth-order valence-corrected chi connectivity index (χ4v) is 6.65. The first-order chi connectivity index (χ1) is 22.2. The van der Waals surface area contributed by atoms with Gasteiger partial charge in [0.05, 0.1) is 11.4 Å². The third kappa shape index (κ3) is 7.01. The van der Waals surface area contributed by atoms with Crippen molar-refractivity contribution in [1.29, 1.82) is 0 Å². The van der Waals surface area contributed by atoms with Gasteiger partial charge in [-0.05, 0) is 98.2 Å². The normalized spacial score (nSPS) is 17.0. The van der Waals surface area contributed by atoms with Crippen molar-refractivity contribution in [3.8, 4) is 0 Å². The number of carbonyl (C=O) groups is 3. The zero-order valence-corrected chi connectivity index (χ0v) is 28.2. The van der Waals surface area contributed by atoms with E-state index in [1.165, 1.54) is 0 Å². The molecule has 2 aliphatic rings. The Morgan fingerprint density at radius 1 is 0.894 bits per heavy atom. The Balaban J connectivity index is 1.67. The van der Waals surface area contributed by atoms with E-state index in [1.54, 1.807) is 0 Å². The van der Waals surface area contributed by atoms with Crippen LogP contribution in [0.25, 0.3) is 33.2 Å². The van der Waals surface area contributed by atoms with Crippen LogP contribution >= 0.6 is 0 Å². The van der Waals surface area contributed by atoms with Gasteiger partial charge in [-0.25, -0.2) is 9.78 Å². The lowest BCUT2D eigenvalue weighted by Gasteiger charge is -2.28. The summed E-state index contributed by atoms with van der Waals surface area (Å²) < 4.78 is 0. The molecule has 1 amide bonds. The number of nitrogens with one attached hydrogen (secondary N) is 3. The molecule has 3 aromatic heterocycles. The minimum absolute atomic E-state index is 0.0323. The molecule has 5 N–H and O–H groups in total. The molecule has 248 valence electrons. The van der Waals surface area contributed by atoms with Gasteiger partial charge in [-0.15, -0.1) is 0 Å². The number of hydrogen-bond donors (Lipinski definition) is 5. The highest BCUT2D eigenvalue weighted by Crippen LogP contribution is 2.45. The Morgan fingerprint density at radius 3 is 2.15 bits per heavy atom. The van der Waals surface area contributed by atoms with Gasteiger partial charge >= 0.3 is 11.9 Å². The van der Waals surface area contributed by atoms with Crippen LogP contribution in [0.5, 0.6) is 0 Å². The Kier molecular flexibility index (Phi) is 9.43. The van der Waals surface area contributed by atoms with Crippen molar-refractivity contribution in [2.45, 2.75) is 97.9 Å². The van der Waals surface area contributed by atoms with E-state index in [0.29, 0.717) is 25.0 Å². The van der Waals surface area contributed by atoms with Gasteiger partial charge in [-0.1, -0.05) is 34.1 Å². The lowest BCUT2D eigenvalue weighted by atomic mass is 9.74. The second-order valence-corrected chi connectivity index (χ2v) is 13.6. The van der Waals surface area contributed by atoms with Crippen molar-refractivity contribution >= 4 is 51.1 Å². The summed E-state index contributed by atoms with van der Waals surface area (Å²) in [5.41, 5.74) is 10.2. The van der Waals surface area contributed by atoms with Crippen molar-refractivity contribution in [1.82, 2.24) is 25.3 Å². The summed E-state index contributed by atoms with van der Waals surface area (Å²) in [6.45, 7) is 14.0. The van der Waals surface area contributed by atoms with Crippen LogP contribution < -0.4 is 5.32 Å². The molecule has 0 saturated heterocycles. The van der Waals surface area contributed by atoms with Crippen molar-refractivity contribution in [3.63, 3.8) is 0 Å². The molecule has 5 heterocycles. The number of hydrogen-bond acceptors (Lipinski definition) is 5. The monoisotopic (exact) mass is 639 g/mol. The number of carboxylic acids is 2. The van der Waals surface area contributed by atoms with E-state index in [4.69, 9.17) is 9.97 Å². The predicted molar refractivity (Wildman–Crippen MR) is 184 cm³/mol. The number of aryl methyl sites for hydroxylation is 2. The van der Waals surface area contributed by atoms with Crippen LogP contribution in [0.1, 0.15) is 107 Å². The number of amides is 1. The van der Waals surface area contributed by atoms with E-state index >= 15 is 0 Å². The average Bonchev–Trinajstić information content (AvgIpc) is 3.67. The molecule has 10 heteroatoms. The maximum absolute atomic E-state index is 13.1. The number of H-pyrrole nitrogens is 2. The second kappa shape index (κ2) is 13.2. The molecule has 3 atom stereocenters. The third-order valence-electron chi connectivity index (χ3n) is 9.88. The summed E-state index contributed by atoms with van der Waals surface area (Å²) in [6.07, 6.45) is 1.48. The number of carbonyl (C=O) groups excluding carboxylic acids is 1. The Morgan fingerprint density at radius 2 is 1.53 bits per heavy atom. The number of aromatic amines is 2. The van der Waals surface area contributed by atoms with E-state index < -0.39 is 23.4 Å². The van der Waals surface area contributed by atoms with Gasteiger partial charge in [-0.3, -0.25) is 14.6 Å². The number of carboxylic acid groups (broad SMARTS) is 2. The Labute approximate surface area is 274 Å². The Bertz CT molecular complexity index is 1930. The average molecular weight is 640 g/mol. The van der Waals surface area contributed by atoms with Gasteiger partial charge in [0, 0.05) is 57.6 Å². The van der Waals surface area contributed by atoms with Crippen molar-refractivity contribution in [2.24, 2.45) is 5.92 Å². The molecule has 0 fully saturated rings. The number of aromatic nitrogens is 4. The first-order valence-corrected chi connectivity index (χ1v) is 16.3. The summed E-state index contributed by atoms with van der Waals surface area (Å²) in [7, 11) is 0. The lowest BCUT2D eigenvalue weighted by Crippen LogP contribution is -2.45. The molecule has 0 saturated carbocycles. The second-order valence-electron chi connectivity index (χ2n) is 13.6. The quantitative estimate of drug-likeness (QED) is 0.157. The molecule has 0 spiro atoms. The topological polar surface area (TPSA) is 161 Å². The fraction of sp³-hybridized carbons (Fsp3) is 0.432. The van der Waals surface area contributed by atoms with Gasteiger partial charge in [0.2, 0.25) is 5.91 Å². The number of allylic oxidation sites excluding steroid dienone is 2. The van der Waals surface area contributed by atoms with Crippen LogP contribution in [0.3, 0.4) is 0 Å². The highest BCUT2D eigenvalue weighted by atomic mass is 16.4. The molecule has 3 aromatic rings. The largest absolute Gasteiger partial charge is 0.481 e. The standard InChI is InChI=1S/C37H45N5O5/c1-8-19(2)35(36(46)47)42-33(43)11-10-26-31-17-30-25(9-12-34(44)45)22(5)29(40-30)16-24-13-20(3)27(38-24)15-23-14-21(4)28(39-23)18-32(41-31)37(26,6)7/h13-19,26,35,38-39H,8-12H2,1-7H3,(H,42,43)(H,44,45)(H,46,47). The van der Waals surface area contributed by atoms with E-state index in [9.17, 15) is 24.6 Å². The predicted octanol–water partition coefficient (Wildman–Crippen LogP) is 7.18. The van der Waals surface area contributed by atoms with Crippen LogP contribution in [0, 0.1) is 19.8 Å². The van der Waals surface area contributed by atoms with Crippen LogP contribution in [0.4, 0.5) is 0 Å². The van der Waals surface area contributed by atoms with Gasteiger partial charge in [0.15, 0.2) is 0 Å². The van der Waals surface area contributed by atoms with Crippen LogP contribution in [0.2, 0.25) is 0 Å². The van der Waals surface area contributed by atoms with Gasteiger partial charge < -0.3 is 25.5 Å². The van der Waals surface area contributed by atoms with Crippen molar-refractivity contribution in [3.05, 3.63) is 70.3 Å². The van der Waals surface area contributed by atoms with E-state index in [1.807, 2.05) is 32.9 Å².